The molecular weight excluding hydrogens is 258 g/mol. The summed E-state index contributed by atoms with van der Waals surface area (Å²) in [6.45, 7) is 0. The van der Waals surface area contributed by atoms with Crippen LogP contribution < -0.4 is 5.43 Å². The van der Waals surface area contributed by atoms with Crippen molar-refractivity contribution in [3.8, 4) is 0 Å². The van der Waals surface area contributed by atoms with Crippen LogP contribution in [0, 0.1) is 11.6 Å². The predicted molar refractivity (Wildman–Crippen MR) is 69.0 cm³/mol. The zero-order valence-electron chi connectivity index (χ0n) is 9.20. The van der Waals surface area contributed by atoms with E-state index in [1.54, 1.807) is 12.1 Å². The zero-order valence-corrected chi connectivity index (χ0v) is 9.96. The molecule has 0 aliphatic rings. The first-order valence-electron chi connectivity index (χ1n) is 5.16. The van der Waals surface area contributed by atoms with Crippen LogP contribution in [0.5, 0.6) is 0 Å². The van der Waals surface area contributed by atoms with Crippen LogP contribution in [0.2, 0.25) is 5.02 Å². The molecular formula is C13H9ClF2N2. The van der Waals surface area contributed by atoms with Gasteiger partial charge in [-0.15, -0.1) is 0 Å². The molecule has 5 heteroatoms. The van der Waals surface area contributed by atoms with Crippen molar-refractivity contribution in [1.29, 1.82) is 0 Å². The van der Waals surface area contributed by atoms with Crippen LogP contribution >= 0.6 is 11.6 Å². The summed E-state index contributed by atoms with van der Waals surface area (Å²) in [5.74, 6) is -1.97. The van der Waals surface area contributed by atoms with Gasteiger partial charge in [-0.1, -0.05) is 29.8 Å². The van der Waals surface area contributed by atoms with Gasteiger partial charge in [0.15, 0.2) is 11.6 Å². The van der Waals surface area contributed by atoms with Crippen molar-refractivity contribution in [3.63, 3.8) is 0 Å². The molecule has 0 spiro atoms. The number of anilines is 1. The molecule has 0 radical (unpaired) electrons. The summed E-state index contributed by atoms with van der Waals surface area (Å²) in [5.41, 5.74) is 3.34. The molecule has 2 aromatic rings. The van der Waals surface area contributed by atoms with Crippen LogP contribution in [-0.4, -0.2) is 6.21 Å². The van der Waals surface area contributed by atoms with Gasteiger partial charge >= 0.3 is 0 Å². The third-order valence-corrected chi connectivity index (χ3v) is 2.57. The molecule has 0 saturated carbocycles. The second-order valence-electron chi connectivity index (χ2n) is 3.49. The molecule has 92 valence electrons. The molecule has 0 aromatic heterocycles. The highest BCUT2D eigenvalue weighted by Crippen LogP contribution is 2.19. The van der Waals surface area contributed by atoms with Crippen molar-refractivity contribution in [3.05, 3.63) is 64.7 Å². The Morgan fingerprint density at radius 2 is 1.78 bits per heavy atom. The molecule has 2 nitrogen and oxygen atoms in total. The molecule has 1 N–H and O–H groups in total. The summed E-state index contributed by atoms with van der Waals surface area (Å²) in [5, 5.41) is 3.91. The third-order valence-electron chi connectivity index (χ3n) is 2.24. The van der Waals surface area contributed by atoms with E-state index in [4.69, 9.17) is 11.6 Å². The Balaban J connectivity index is 2.17. The maximum absolute atomic E-state index is 13.4. The van der Waals surface area contributed by atoms with E-state index in [0.717, 1.165) is 18.0 Å². The number of nitrogens with one attached hydrogen (secondary N) is 1. The van der Waals surface area contributed by atoms with E-state index in [1.807, 2.05) is 18.2 Å². The maximum atomic E-state index is 13.4. The standard InChI is InChI=1S/C13H9ClF2N2/c14-11-6-7-12(15)13(16)10(11)8-17-18-9-4-2-1-3-5-9/h1-8,18H. The number of nitrogens with zero attached hydrogens (tertiary/aromatic N) is 1. The smallest absolute Gasteiger partial charge is 0.169 e. The van der Waals surface area contributed by atoms with Gasteiger partial charge in [0.05, 0.1) is 22.5 Å². The fourth-order valence-electron chi connectivity index (χ4n) is 1.35. The van der Waals surface area contributed by atoms with Gasteiger partial charge in [-0.2, -0.15) is 5.10 Å². The first-order chi connectivity index (χ1) is 8.68. The summed E-state index contributed by atoms with van der Waals surface area (Å²) >= 11 is 5.76. The molecule has 0 saturated heterocycles. The average Bonchev–Trinajstić information content (AvgIpc) is 2.39. The van der Waals surface area contributed by atoms with Crippen LogP contribution in [0.15, 0.2) is 47.6 Å². The number of para-hydroxylation sites is 1. The lowest BCUT2D eigenvalue weighted by atomic mass is 10.2. The van der Waals surface area contributed by atoms with Crippen LogP contribution in [0.25, 0.3) is 0 Å². The molecule has 2 aromatic carbocycles. The lowest BCUT2D eigenvalue weighted by molar-refractivity contribution is 0.507. The first-order valence-corrected chi connectivity index (χ1v) is 5.54. The normalized spacial score (nSPS) is 10.8. The zero-order chi connectivity index (χ0) is 13.0. The van der Waals surface area contributed by atoms with E-state index >= 15 is 0 Å². The molecule has 2 rings (SSSR count). The van der Waals surface area contributed by atoms with Crippen molar-refractivity contribution in [2.24, 2.45) is 5.10 Å². The fraction of sp³-hybridized carbons (Fsp3) is 0. The SMILES string of the molecule is Fc1ccc(Cl)c(C=NNc2ccccc2)c1F. The molecule has 0 bridgehead atoms. The van der Waals surface area contributed by atoms with Crippen molar-refractivity contribution in [2.75, 3.05) is 5.43 Å². The van der Waals surface area contributed by atoms with Gasteiger partial charge in [0.2, 0.25) is 0 Å². The van der Waals surface area contributed by atoms with Gasteiger partial charge in [-0.05, 0) is 24.3 Å². The third kappa shape index (κ3) is 2.84. The van der Waals surface area contributed by atoms with E-state index in [1.165, 1.54) is 6.07 Å². The first kappa shape index (κ1) is 12.5. The van der Waals surface area contributed by atoms with E-state index in [9.17, 15) is 8.78 Å². The predicted octanol–water partition coefficient (Wildman–Crippen LogP) is 4.06. The molecule has 0 fully saturated rings. The van der Waals surface area contributed by atoms with Crippen molar-refractivity contribution < 1.29 is 8.78 Å². The van der Waals surface area contributed by atoms with Gasteiger partial charge in [0, 0.05) is 0 Å². The lowest BCUT2D eigenvalue weighted by Gasteiger charge is -2.02. The van der Waals surface area contributed by atoms with Crippen molar-refractivity contribution in [2.45, 2.75) is 0 Å². The maximum Gasteiger partial charge on any atom is 0.169 e. The molecule has 0 aliphatic carbocycles. The summed E-state index contributed by atoms with van der Waals surface area (Å²) in [6, 6.07) is 11.4. The van der Waals surface area contributed by atoms with Gasteiger partial charge in [0.25, 0.3) is 0 Å². The van der Waals surface area contributed by atoms with E-state index in [2.05, 4.69) is 10.5 Å². The Hall–Kier alpha value is -1.94. The van der Waals surface area contributed by atoms with Crippen molar-refractivity contribution >= 4 is 23.5 Å². The number of rotatable bonds is 3. The van der Waals surface area contributed by atoms with Crippen LogP contribution in [0.3, 0.4) is 0 Å². The largest absolute Gasteiger partial charge is 0.279 e. The molecule has 0 amide bonds. The Labute approximate surface area is 108 Å². The Morgan fingerprint density at radius 1 is 1.06 bits per heavy atom. The van der Waals surface area contributed by atoms with Crippen molar-refractivity contribution in [1.82, 2.24) is 0 Å². The molecule has 18 heavy (non-hydrogen) atoms. The monoisotopic (exact) mass is 266 g/mol. The van der Waals surface area contributed by atoms with E-state index in [-0.39, 0.29) is 10.6 Å². The highest BCUT2D eigenvalue weighted by molar-refractivity contribution is 6.33. The Morgan fingerprint density at radius 3 is 2.50 bits per heavy atom. The van der Waals surface area contributed by atoms with Gasteiger partial charge in [-0.25, -0.2) is 8.78 Å². The second-order valence-corrected chi connectivity index (χ2v) is 3.90. The fourth-order valence-corrected chi connectivity index (χ4v) is 1.54. The second kappa shape index (κ2) is 5.60. The highest BCUT2D eigenvalue weighted by atomic mass is 35.5. The van der Waals surface area contributed by atoms with Gasteiger partial charge in [-0.3, -0.25) is 5.43 Å². The summed E-state index contributed by atoms with van der Waals surface area (Å²) < 4.78 is 26.4. The molecule has 0 atom stereocenters. The number of benzene rings is 2. The quantitative estimate of drug-likeness (QED) is 0.506. The summed E-state index contributed by atoms with van der Waals surface area (Å²) in [6.07, 6.45) is 1.15. The Bertz CT molecular complexity index is 571. The van der Waals surface area contributed by atoms with Crippen LogP contribution in [0.4, 0.5) is 14.5 Å². The minimum atomic E-state index is -1.01. The minimum Gasteiger partial charge on any atom is -0.279 e. The summed E-state index contributed by atoms with van der Waals surface area (Å²) in [4.78, 5) is 0. The number of hydrogen-bond donors (Lipinski definition) is 1. The van der Waals surface area contributed by atoms with Crippen LogP contribution in [0.1, 0.15) is 5.56 Å². The average molecular weight is 267 g/mol. The Kier molecular flexibility index (Phi) is 3.89. The van der Waals surface area contributed by atoms with Gasteiger partial charge < -0.3 is 0 Å². The number of hydrogen-bond acceptors (Lipinski definition) is 2. The molecule has 0 aliphatic heterocycles. The molecule has 0 heterocycles. The molecule has 0 unspecified atom stereocenters. The van der Waals surface area contributed by atoms with Gasteiger partial charge in [0.1, 0.15) is 0 Å². The van der Waals surface area contributed by atoms with Crippen LogP contribution in [-0.2, 0) is 0 Å². The van der Waals surface area contributed by atoms with E-state index in [0.29, 0.717) is 0 Å². The number of halogens is 3. The highest BCUT2D eigenvalue weighted by Gasteiger charge is 2.10. The minimum absolute atomic E-state index is 0.0832. The summed E-state index contributed by atoms with van der Waals surface area (Å²) in [7, 11) is 0. The lowest BCUT2D eigenvalue weighted by Crippen LogP contribution is -1.96. The van der Waals surface area contributed by atoms with E-state index < -0.39 is 11.6 Å². The number of hydrazone groups is 1. The topological polar surface area (TPSA) is 24.4 Å².